The van der Waals surface area contributed by atoms with E-state index >= 15 is 0 Å². The molecular weight excluding hydrogens is 327 g/mol. The van der Waals surface area contributed by atoms with Crippen molar-refractivity contribution in [1.29, 1.82) is 0 Å². The van der Waals surface area contributed by atoms with E-state index in [4.69, 9.17) is 12.2 Å². The molecule has 2 N–H and O–H groups in total. The number of hydrogen-bond donors (Lipinski definition) is 2. The molecule has 0 aliphatic carbocycles. The van der Waals surface area contributed by atoms with Crippen molar-refractivity contribution >= 4 is 44.6 Å². The molecule has 0 bridgehead atoms. The van der Waals surface area contributed by atoms with Crippen LogP contribution in [0.5, 0.6) is 0 Å². The van der Waals surface area contributed by atoms with Crippen molar-refractivity contribution in [1.82, 2.24) is 0 Å². The largest absolute Gasteiger partial charge is 0.332 e. The molecule has 0 aromatic heterocycles. The molecule has 0 aliphatic heterocycles. The van der Waals surface area contributed by atoms with Gasteiger partial charge in [0.1, 0.15) is 5.82 Å². The SMILES string of the molecule is Cc1ccc(NC(=S)Nc2ccc(Br)cc2)cc1F. The zero-order valence-electron chi connectivity index (χ0n) is 10.2. The lowest BCUT2D eigenvalue weighted by atomic mass is 10.2. The van der Waals surface area contributed by atoms with Gasteiger partial charge in [-0.1, -0.05) is 22.0 Å². The summed E-state index contributed by atoms with van der Waals surface area (Å²) < 4.78 is 14.4. The number of hydrogen-bond acceptors (Lipinski definition) is 1. The van der Waals surface area contributed by atoms with Crippen LogP contribution in [-0.2, 0) is 0 Å². The highest BCUT2D eigenvalue weighted by atomic mass is 79.9. The number of rotatable bonds is 2. The number of halogens is 2. The molecule has 0 saturated carbocycles. The van der Waals surface area contributed by atoms with Gasteiger partial charge >= 0.3 is 0 Å². The molecule has 0 fully saturated rings. The van der Waals surface area contributed by atoms with Crippen molar-refractivity contribution in [3.05, 3.63) is 58.3 Å². The summed E-state index contributed by atoms with van der Waals surface area (Å²) >= 11 is 8.53. The van der Waals surface area contributed by atoms with Gasteiger partial charge in [0.2, 0.25) is 0 Å². The number of benzene rings is 2. The molecule has 0 atom stereocenters. The molecule has 0 radical (unpaired) electrons. The minimum Gasteiger partial charge on any atom is -0.332 e. The van der Waals surface area contributed by atoms with Gasteiger partial charge in [-0.2, -0.15) is 0 Å². The fraction of sp³-hybridized carbons (Fsp3) is 0.0714. The van der Waals surface area contributed by atoms with Crippen LogP contribution in [0, 0.1) is 12.7 Å². The Hall–Kier alpha value is -1.46. The first-order valence-electron chi connectivity index (χ1n) is 5.64. The predicted molar refractivity (Wildman–Crippen MR) is 85.1 cm³/mol. The van der Waals surface area contributed by atoms with E-state index in [1.807, 2.05) is 24.3 Å². The normalized spacial score (nSPS) is 10.1. The maximum Gasteiger partial charge on any atom is 0.175 e. The lowest BCUT2D eigenvalue weighted by Crippen LogP contribution is -2.19. The van der Waals surface area contributed by atoms with E-state index in [1.165, 1.54) is 6.07 Å². The van der Waals surface area contributed by atoms with E-state index in [2.05, 4.69) is 26.6 Å². The van der Waals surface area contributed by atoms with Crippen LogP contribution in [0.2, 0.25) is 0 Å². The minimum atomic E-state index is -0.253. The number of aryl methyl sites for hydroxylation is 1. The maximum absolute atomic E-state index is 13.4. The first-order valence-corrected chi connectivity index (χ1v) is 6.84. The van der Waals surface area contributed by atoms with Gasteiger partial charge in [-0.05, 0) is 61.1 Å². The van der Waals surface area contributed by atoms with Crippen molar-refractivity contribution in [2.24, 2.45) is 0 Å². The second-order valence-corrected chi connectivity index (χ2v) is 5.37. The summed E-state index contributed by atoms with van der Waals surface area (Å²) in [7, 11) is 0. The van der Waals surface area contributed by atoms with Crippen molar-refractivity contribution < 1.29 is 4.39 Å². The fourth-order valence-corrected chi connectivity index (χ4v) is 2.00. The molecule has 19 heavy (non-hydrogen) atoms. The van der Waals surface area contributed by atoms with E-state index in [9.17, 15) is 4.39 Å². The maximum atomic E-state index is 13.4. The molecule has 98 valence electrons. The molecule has 5 heteroatoms. The minimum absolute atomic E-state index is 0.253. The summed E-state index contributed by atoms with van der Waals surface area (Å²) in [5.41, 5.74) is 2.10. The highest BCUT2D eigenvalue weighted by molar-refractivity contribution is 9.10. The van der Waals surface area contributed by atoms with E-state index in [0.29, 0.717) is 16.4 Å². The van der Waals surface area contributed by atoms with Crippen LogP contribution in [0.4, 0.5) is 15.8 Å². The Morgan fingerprint density at radius 3 is 2.26 bits per heavy atom. The third-order valence-corrected chi connectivity index (χ3v) is 3.26. The zero-order valence-corrected chi connectivity index (χ0v) is 12.6. The molecule has 2 aromatic rings. The van der Waals surface area contributed by atoms with E-state index in [0.717, 1.165) is 10.2 Å². The summed E-state index contributed by atoms with van der Waals surface area (Å²) in [5.74, 6) is -0.253. The molecular formula is C14H12BrFN2S. The highest BCUT2D eigenvalue weighted by Gasteiger charge is 2.02. The van der Waals surface area contributed by atoms with Gasteiger partial charge in [-0.15, -0.1) is 0 Å². The first kappa shape index (κ1) is 14.0. The lowest BCUT2D eigenvalue weighted by Gasteiger charge is -2.11. The molecule has 2 aromatic carbocycles. The molecule has 2 rings (SSSR count). The van der Waals surface area contributed by atoms with Crippen LogP contribution < -0.4 is 10.6 Å². The number of thiocarbonyl (C=S) groups is 1. The monoisotopic (exact) mass is 338 g/mol. The van der Waals surface area contributed by atoms with Crippen molar-refractivity contribution in [3.63, 3.8) is 0 Å². The Bertz CT molecular complexity index is 599. The lowest BCUT2D eigenvalue weighted by molar-refractivity contribution is 0.619. The third kappa shape index (κ3) is 4.01. The van der Waals surface area contributed by atoms with E-state index < -0.39 is 0 Å². The van der Waals surface area contributed by atoms with Crippen LogP contribution in [0.25, 0.3) is 0 Å². The highest BCUT2D eigenvalue weighted by Crippen LogP contribution is 2.16. The first-order chi connectivity index (χ1) is 9.04. The van der Waals surface area contributed by atoms with Gasteiger partial charge < -0.3 is 10.6 Å². The summed E-state index contributed by atoms with van der Waals surface area (Å²) in [6.07, 6.45) is 0. The van der Waals surface area contributed by atoms with E-state index in [-0.39, 0.29) is 5.82 Å². The zero-order chi connectivity index (χ0) is 13.8. The van der Waals surface area contributed by atoms with Crippen LogP contribution >= 0.6 is 28.1 Å². The molecule has 0 amide bonds. The summed E-state index contributed by atoms with van der Waals surface area (Å²) in [4.78, 5) is 0. The quantitative estimate of drug-likeness (QED) is 0.775. The van der Waals surface area contributed by atoms with Crippen LogP contribution in [0.1, 0.15) is 5.56 Å². The molecule has 2 nitrogen and oxygen atoms in total. The molecule has 0 unspecified atom stereocenters. The summed E-state index contributed by atoms with van der Waals surface area (Å²) in [5, 5.41) is 6.39. The van der Waals surface area contributed by atoms with Gasteiger partial charge in [0.25, 0.3) is 0 Å². The number of nitrogens with one attached hydrogen (secondary N) is 2. The Kier molecular flexibility index (Phi) is 4.50. The Labute approximate surface area is 125 Å². The molecule has 0 aliphatic rings. The van der Waals surface area contributed by atoms with Gasteiger partial charge in [-0.25, -0.2) is 4.39 Å². The third-order valence-electron chi connectivity index (χ3n) is 2.53. The molecule has 0 saturated heterocycles. The van der Waals surface area contributed by atoms with Gasteiger partial charge in [0.05, 0.1) is 0 Å². The van der Waals surface area contributed by atoms with E-state index in [1.54, 1.807) is 19.1 Å². The summed E-state index contributed by atoms with van der Waals surface area (Å²) in [6.45, 7) is 1.72. The predicted octanol–water partition coefficient (Wildman–Crippen LogP) is 4.71. The van der Waals surface area contributed by atoms with Gasteiger partial charge in [0, 0.05) is 15.8 Å². The van der Waals surface area contributed by atoms with Crippen molar-refractivity contribution in [2.45, 2.75) is 6.92 Å². The van der Waals surface area contributed by atoms with Crippen LogP contribution in [-0.4, -0.2) is 5.11 Å². The van der Waals surface area contributed by atoms with Crippen molar-refractivity contribution in [3.8, 4) is 0 Å². The standard InChI is InChI=1S/C14H12BrFN2S/c1-9-2-5-12(8-13(9)16)18-14(19)17-11-6-3-10(15)4-7-11/h2-8H,1H3,(H2,17,18,19). The average molecular weight is 339 g/mol. The molecule has 0 spiro atoms. The Morgan fingerprint density at radius 2 is 1.63 bits per heavy atom. The van der Waals surface area contributed by atoms with Crippen LogP contribution in [0.3, 0.4) is 0 Å². The fourth-order valence-electron chi connectivity index (χ4n) is 1.50. The average Bonchev–Trinajstić information content (AvgIpc) is 2.37. The topological polar surface area (TPSA) is 24.1 Å². The Balaban J connectivity index is 2.01. The van der Waals surface area contributed by atoms with Gasteiger partial charge in [-0.3, -0.25) is 0 Å². The van der Waals surface area contributed by atoms with Gasteiger partial charge in [0.15, 0.2) is 5.11 Å². The number of anilines is 2. The van der Waals surface area contributed by atoms with Crippen LogP contribution in [0.15, 0.2) is 46.9 Å². The molecule has 0 heterocycles. The second kappa shape index (κ2) is 6.12. The summed E-state index contributed by atoms with van der Waals surface area (Å²) in [6, 6.07) is 12.5. The smallest absolute Gasteiger partial charge is 0.175 e. The Morgan fingerprint density at radius 1 is 1.05 bits per heavy atom. The second-order valence-electron chi connectivity index (χ2n) is 4.05. The van der Waals surface area contributed by atoms with Crippen molar-refractivity contribution in [2.75, 3.05) is 10.6 Å².